The minimum Gasteiger partial charge on any atom is -0.379 e. The number of nitrogens with one attached hydrogen (secondary N) is 1. The van der Waals surface area contributed by atoms with Gasteiger partial charge in [-0.15, -0.1) is 6.58 Å². The largest absolute Gasteiger partial charge is 0.379 e. The van der Waals surface area contributed by atoms with E-state index < -0.39 is 0 Å². The highest BCUT2D eigenvalue weighted by Gasteiger charge is 2.30. The first-order valence-electron chi connectivity index (χ1n) is 6.71. The van der Waals surface area contributed by atoms with Crippen LogP contribution in [0.15, 0.2) is 36.9 Å². The van der Waals surface area contributed by atoms with Crippen LogP contribution < -0.4 is 10.2 Å². The summed E-state index contributed by atoms with van der Waals surface area (Å²) in [7, 11) is 0. The molecule has 3 heteroatoms. The number of amides is 1. The van der Waals surface area contributed by atoms with Crippen LogP contribution >= 0.6 is 0 Å². The zero-order valence-electron chi connectivity index (χ0n) is 11.9. The summed E-state index contributed by atoms with van der Waals surface area (Å²) in [6, 6.07) is 7.98. The minimum absolute atomic E-state index is 0.0310. The molecule has 1 aliphatic heterocycles. The standard InChI is InChI=1S/C16H22N2O/c1-5-12-10-15(19)18(11-12)14-9-7-6-8-13(14)17-16(2,3)4/h5-9,12,17H,1,10-11H2,2-4H3. The lowest BCUT2D eigenvalue weighted by Crippen LogP contribution is -2.30. The van der Waals surface area contributed by atoms with Crippen molar-refractivity contribution < 1.29 is 4.79 Å². The predicted molar refractivity (Wildman–Crippen MR) is 80.5 cm³/mol. The van der Waals surface area contributed by atoms with E-state index in [0.29, 0.717) is 6.42 Å². The van der Waals surface area contributed by atoms with Crippen LogP contribution in [0.2, 0.25) is 0 Å². The second kappa shape index (κ2) is 5.08. The Kier molecular flexibility index (Phi) is 3.65. The lowest BCUT2D eigenvalue weighted by molar-refractivity contribution is -0.117. The van der Waals surface area contributed by atoms with Crippen LogP contribution in [0.4, 0.5) is 11.4 Å². The van der Waals surface area contributed by atoms with Crippen molar-refractivity contribution >= 4 is 17.3 Å². The lowest BCUT2D eigenvalue weighted by atomic mass is 10.1. The number of benzene rings is 1. The van der Waals surface area contributed by atoms with Gasteiger partial charge in [0.25, 0.3) is 0 Å². The van der Waals surface area contributed by atoms with Crippen LogP contribution in [0.5, 0.6) is 0 Å². The third kappa shape index (κ3) is 3.16. The molecule has 1 amide bonds. The first-order chi connectivity index (χ1) is 8.90. The second-order valence-electron chi connectivity index (χ2n) is 6.10. The van der Waals surface area contributed by atoms with Crippen molar-refractivity contribution in [2.45, 2.75) is 32.7 Å². The molecule has 2 rings (SSSR count). The number of nitrogens with zero attached hydrogens (tertiary/aromatic N) is 1. The number of hydrogen-bond donors (Lipinski definition) is 1. The van der Waals surface area contributed by atoms with Gasteiger partial charge in [-0.05, 0) is 32.9 Å². The van der Waals surface area contributed by atoms with Gasteiger partial charge in [0.2, 0.25) is 5.91 Å². The van der Waals surface area contributed by atoms with E-state index in [9.17, 15) is 4.79 Å². The van der Waals surface area contributed by atoms with Gasteiger partial charge in [-0.2, -0.15) is 0 Å². The van der Waals surface area contributed by atoms with Crippen LogP contribution in [0.25, 0.3) is 0 Å². The fourth-order valence-corrected chi connectivity index (χ4v) is 2.34. The van der Waals surface area contributed by atoms with Crippen LogP contribution in [0, 0.1) is 5.92 Å². The lowest BCUT2D eigenvalue weighted by Gasteiger charge is -2.27. The fraction of sp³-hybridized carbons (Fsp3) is 0.438. The highest BCUT2D eigenvalue weighted by atomic mass is 16.2. The van der Waals surface area contributed by atoms with Crippen molar-refractivity contribution in [1.29, 1.82) is 0 Å². The summed E-state index contributed by atoms with van der Waals surface area (Å²) in [5.74, 6) is 0.434. The Balaban J connectivity index is 2.30. The van der Waals surface area contributed by atoms with Gasteiger partial charge in [-0.1, -0.05) is 18.2 Å². The van der Waals surface area contributed by atoms with Crippen molar-refractivity contribution in [2.75, 3.05) is 16.8 Å². The fourth-order valence-electron chi connectivity index (χ4n) is 2.34. The summed E-state index contributed by atoms with van der Waals surface area (Å²) in [5, 5.41) is 3.46. The Labute approximate surface area is 115 Å². The molecule has 1 N–H and O–H groups in total. The van der Waals surface area contributed by atoms with E-state index in [1.54, 1.807) is 0 Å². The second-order valence-corrected chi connectivity index (χ2v) is 6.10. The molecule has 0 spiro atoms. The minimum atomic E-state index is -0.0310. The van der Waals surface area contributed by atoms with Crippen molar-refractivity contribution in [3.63, 3.8) is 0 Å². The third-order valence-electron chi connectivity index (χ3n) is 3.19. The molecule has 102 valence electrons. The van der Waals surface area contributed by atoms with E-state index >= 15 is 0 Å². The summed E-state index contributed by atoms with van der Waals surface area (Å²) in [4.78, 5) is 14.0. The monoisotopic (exact) mass is 258 g/mol. The van der Waals surface area contributed by atoms with Gasteiger partial charge in [-0.3, -0.25) is 4.79 Å². The molecule has 0 aromatic heterocycles. The maximum absolute atomic E-state index is 12.1. The Bertz CT molecular complexity index is 488. The molecule has 0 radical (unpaired) electrons. The van der Waals surface area contributed by atoms with Gasteiger partial charge in [0.1, 0.15) is 0 Å². The molecule has 1 atom stereocenters. The van der Waals surface area contributed by atoms with E-state index in [1.807, 2.05) is 35.2 Å². The van der Waals surface area contributed by atoms with Gasteiger partial charge in [0.05, 0.1) is 11.4 Å². The number of para-hydroxylation sites is 2. The zero-order valence-corrected chi connectivity index (χ0v) is 11.9. The van der Waals surface area contributed by atoms with Gasteiger partial charge in [0.15, 0.2) is 0 Å². The maximum atomic E-state index is 12.1. The van der Waals surface area contributed by atoms with E-state index in [-0.39, 0.29) is 17.4 Å². The van der Waals surface area contributed by atoms with Gasteiger partial charge in [-0.25, -0.2) is 0 Å². The molecule has 0 bridgehead atoms. The highest BCUT2D eigenvalue weighted by Crippen LogP contribution is 2.32. The Morgan fingerprint density at radius 2 is 2.05 bits per heavy atom. The number of rotatable bonds is 3. The average molecular weight is 258 g/mol. The first kappa shape index (κ1) is 13.7. The van der Waals surface area contributed by atoms with E-state index in [2.05, 4.69) is 32.7 Å². The summed E-state index contributed by atoms with van der Waals surface area (Å²) in [5.41, 5.74) is 1.94. The molecule has 1 heterocycles. The molecule has 0 saturated carbocycles. The van der Waals surface area contributed by atoms with E-state index in [4.69, 9.17) is 0 Å². The average Bonchev–Trinajstić information content (AvgIpc) is 2.69. The third-order valence-corrected chi connectivity index (χ3v) is 3.19. The molecule has 1 saturated heterocycles. The summed E-state index contributed by atoms with van der Waals surface area (Å²) in [6.07, 6.45) is 2.44. The summed E-state index contributed by atoms with van der Waals surface area (Å²) in [6.45, 7) is 10.9. The smallest absolute Gasteiger partial charge is 0.227 e. The van der Waals surface area contributed by atoms with E-state index in [0.717, 1.165) is 17.9 Å². The van der Waals surface area contributed by atoms with Crippen molar-refractivity contribution in [1.82, 2.24) is 0 Å². The Morgan fingerprint density at radius 3 is 2.63 bits per heavy atom. The van der Waals surface area contributed by atoms with E-state index in [1.165, 1.54) is 0 Å². The Morgan fingerprint density at radius 1 is 1.37 bits per heavy atom. The number of anilines is 2. The maximum Gasteiger partial charge on any atom is 0.227 e. The number of carbonyl (C=O) groups excluding carboxylic acids is 1. The van der Waals surface area contributed by atoms with Gasteiger partial charge >= 0.3 is 0 Å². The molecular formula is C16H22N2O. The molecule has 1 aliphatic rings. The van der Waals surface area contributed by atoms with Gasteiger partial charge in [0, 0.05) is 24.4 Å². The molecule has 1 unspecified atom stereocenters. The van der Waals surface area contributed by atoms with Crippen molar-refractivity contribution in [3.8, 4) is 0 Å². The van der Waals surface area contributed by atoms with Crippen LogP contribution in [0.1, 0.15) is 27.2 Å². The van der Waals surface area contributed by atoms with Crippen molar-refractivity contribution in [3.05, 3.63) is 36.9 Å². The topological polar surface area (TPSA) is 32.3 Å². The molecule has 1 aromatic rings. The zero-order chi connectivity index (χ0) is 14.0. The van der Waals surface area contributed by atoms with Crippen molar-refractivity contribution in [2.24, 2.45) is 5.92 Å². The number of hydrogen-bond acceptors (Lipinski definition) is 2. The molecule has 19 heavy (non-hydrogen) atoms. The highest BCUT2D eigenvalue weighted by molar-refractivity contribution is 5.99. The molecule has 3 nitrogen and oxygen atoms in total. The molecule has 1 aromatic carbocycles. The molecule has 0 aliphatic carbocycles. The molecule has 1 fully saturated rings. The van der Waals surface area contributed by atoms with Crippen LogP contribution in [-0.4, -0.2) is 18.0 Å². The Hall–Kier alpha value is -1.77. The van der Waals surface area contributed by atoms with Crippen LogP contribution in [-0.2, 0) is 4.79 Å². The van der Waals surface area contributed by atoms with Crippen LogP contribution in [0.3, 0.4) is 0 Å². The quantitative estimate of drug-likeness (QED) is 0.842. The molecular weight excluding hydrogens is 236 g/mol. The van der Waals surface area contributed by atoms with Gasteiger partial charge < -0.3 is 10.2 Å². The normalized spacial score (nSPS) is 19.6. The summed E-state index contributed by atoms with van der Waals surface area (Å²) >= 11 is 0. The summed E-state index contributed by atoms with van der Waals surface area (Å²) < 4.78 is 0. The predicted octanol–water partition coefficient (Wildman–Crippen LogP) is 3.44. The SMILES string of the molecule is C=CC1CC(=O)N(c2ccccc2NC(C)(C)C)C1. The number of carbonyl (C=O) groups is 1. The first-order valence-corrected chi connectivity index (χ1v) is 6.71.